The molecule has 0 fully saturated rings. The van der Waals surface area contributed by atoms with E-state index in [0.717, 1.165) is 6.20 Å². The molecule has 0 aromatic heterocycles. The van der Waals surface area contributed by atoms with Crippen LogP contribution >= 0.6 is 11.9 Å². The number of hydrogen-bond acceptors (Lipinski definition) is 2. The van der Waals surface area contributed by atoms with Gasteiger partial charge in [0.2, 0.25) is 0 Å². The van der Waals surface area contributed by atoms with Crippen molar-refractivity contribution >= 4 is 11.9 Å². The summed E-state index contributed by atoms with van der Waals surface area (Å²) in [7, 11) is 0. The Balaban J connectivity index is 2.61. The standard InChI is InChI=1S/C3H2F3N2S/c4-3(5,6)2-1-7-8-9-2/h1,7H. The van der Waals surface area contributed by atoms with Crippen molar-refractivity contribution in [3.63, 3.8) is 0 Å². The predicted molar refractivity (Wildman–Crippen MR) is 27.0 cm³/mol. The van der Waals surface area contributed by atoms with E-state index >= 15 is 0 Å². The van der Waals surface area contributed by atoms with Gasteiger partial charge in [0, 0.05) is 18.1 Å². The van der Waals surface area contributed by atoms with Crippen LogP contribution in [0.3, 0.4) is 0 Å². The lowest BCUT2D eigenvalue weighted by Crippen LogP contribution is -2.07. The van der Waals surface area contributed by atoms with E-state index in [0.29, 0.717) is 11.9 Å². The Morgan fingerprint density at radius 1 is 1.56 bits per heavy atom. The van der Waals surface area contributed by atoms with Gasteiger partial charge in [-0.1, -0.05) is 4.83 Å². The van der Waals surface area contributed by atoms with Crippen molar-refractivity contribution in [3.8, 4) is 0 Å². The molecule has 0 aromatic carbocycles. The molecule has 0 bridgehead atoms. The Bertz CT molecular complexity index is 140. The fraction of sp³-hybridized carbons (Fsp3) is 0.333. The molecule has 2 nitrogen and oxygen atoms in total. The maximum Gasteiger partial charge on any atom is 0.425 e. The number of allylic oxidation sites excluding steroid dienone is 1. The van der Waals surface area contributed by atoms with Crippen molar-refractivity contribution in [2.24, 2.45) is 0 Å². The minimum atomic E-state index is -4.25. The van der Waals surface area contributed by atoms with E-state index in [2.05, 4.69) is 10.3 Å². The highest BCUT2D eigenvalue weighted by atomic mass is 32.2. The molecule has 1 N–H and O–H groups in total. The van der Waals surface area contributed by atoms with Gasteiger partial charge in [0.25, 0.3) is 0 Å². The average molecular weight is 155 g/mol. The Labute approximate surface area is 53.6 Å². The number of nitrogens with zero attached hydrogens (tertiary/aromatic N) is 1. The molecule has 0 atom stereocenters. The topological polar surface area (TPSA) is 26.1 Å². The van der Waals surface area contributed by atoms with E-state index in [1.165, 1.54) is 0 Å². The minimum absolute atomic E-state index is 0.399. The molecule has 0 aliphatic carbocycles. The number of nitrogens with one attached hydrogen (secondary N) is 1. The molecule has 1 aliphatic rings. The van der Waals surface area contributed by atoms with Gasteiger partial charge in [0.15, 0.2) is 0 Å². The van der Waals surface area contributed by atoms with Crippen LogP contribution in [0, 0.1) is 0 Å². The van der Waals surface area contributed by atoms with Crippen molar-refractivity contribution < 1.29 is 13.2 Å². The second-order valence-corrected chi connectivity index (χ2v) is 2.12. The van der Waals surface area contributed by atoms with Crippen LogP contribution in [-0.2, 0) is 0 Å². The van der Waals surface area contributed by atoms with Crippen LogP contribution in [0.15, 0.2) is 11.1 Å². The second-order valence-electron chi connectivity index (χ2n) is 1.32. The molecular weight excluding hydrogens is 153 g/mol. The van der Waals surface area contributed by atoms with Crippen molar-refractivity contribution in [3.05, 3.63) is 11.1 Å². The number of rotatable bonds is 0. The maximum absolute atomic E-state index is 11.6. The number of alkyl halides is 3. The summed E-state index contributed by atoms with van der Waals surface area (Å²) in [5, 5.41) is 0. The molecule has 0 aromatic rings. The van der Waals surface area contributed by atoms with Crippen LogP contribution < -0.4 is 10.3 Å². The van der Waals surface area contributed by atoms with Crippen molar-refractivity contribution in [1.29, 1.82) is 0 Å². The van der Waals surface area contributed by atoms with Gasteiger partial charge in [0.05, 0.1) is 0 Å². The van der Waals surface area contributed by atoms with Gasteiger partial charge < -0.3 is 0 Å². The Morgan fingerprint density at radius 2 is 2.22 bits per heavy atom. The zero-order valence-corrected chi connectivity index (χ0v) is 4.88. The summed E-state index contributed by atoms with van der Waals surface area (Å²) in [4.78, 5) is 2.48. The fourth-order valence-electron chi connectivity index (χ4n) is 0.320. The molecule has 0 saturated carbocycles. The van der Waals surface area contributed by atoms with Gasteiger partial charge in [-0.2, -0.15) is 13.2 Å². The Kier molecular flexibility index (Phi) is 1.58. The van der Waals surface area contributed by atoms with Crippen LogP contribution in [0.5, 0.6) is 0 Å². The SMILES string of the molecule is FC(F)(F)C1=CN[N]S1. The Hall–Kier alpha value is -0.360. The van der Waals surface area contributed by atoms with Gasteiger partial charge in [-0.05, 0) is 0 Å². The fourth-order valence-corrected chi connectivity index (χ4v) is 0.733. The van der Waals surface area contributed by atoms with Gasteiger partial charge >= 0.3 is 6.18 Å². The van der Waals surface area contributed by atoms with Gasteiger partial charge in [-0.3, -0.25) is 5.43 Å². The Morgan fingerprint density at radius 3 is 2.44 bits per heavy atom. The third-order valence-electron chi connectivity index (χ3n) is 0.672. The second kappa shape index (κ2) is 2.11. The molecule has 1 rings (SSSR count). The molecule has 1 radical (unpaired) electrons. The average Bonchev–Trinajstić information content (AvgIpc) is 2.08. The van der Waals surface area contributed by atoms with Crippen molar-refractivity contribution in [2.75, 3.05) is 0 Å². The predicted octanol–water partition coefficient (Wildman–Crippen LogP) is 1.16. The molecule has 1 heterocycles. The number of hydrogen-bond donors (Lipinski definition) is 1. The van der Waals surface area contributed by atoms with Crippen LogP contribution in [0.1, 0.15) is 0 Å². The van der Waals surface area contributed by atoms with Crippen LogP contribution in [0.4, 0.5) is 13.2 Å². The van der Waals surface area contributed by atoms with Crippen LogP contribution in [0.25, 0.3) is 0 Å². The van der Waals surface area contributed by atoms with E-state index < -0.39 is 11.1 Å². The first kappa shape index (κ1) is 6.76. The maximum atomic E-state index is 11.6. The molecule has 0 amide bonds. The van der Waals surface area contributed by atoms with E-state index in [1.807, 2.05) is 0 Å². The van der Waals surface area contributed by atoms with Crippen LogP contribution in [0.2, 0.25) is 0 Å². The highest BCUT2D eigenvalue weighted by Crippen LogP contribution is 2.34. The summed E-state index contributed by atoms with van der Waals surface area (Å²) >= 11 is 0.399. The van der Waals surface area contributed by atoms with Crippen molar-refractivity contribution in [2.45, 2.75) is 6.18 Å². The first-order valence-corrected chi connectivity index (χ1v) is 2.78. The molecule has 9 heavy (non-hydrogen) atoms. The third-order valence-corrected chi connectivity index (χ3v) is 1.41. The molecule has 6 heteroatoms. The van der Waals surface area contributed by atoms with Gasteiger partial charge in [0.1, 0.15) is 4.91 Å². The number of halogens is 3. The normalized spacial score (nSPS) is 19.2. The molecule has 0 spiro atoms. The molecule has 0 saturated heterocycles. The lowest BCUT2D eigenvalue weighted by atomic mass is 10.6. The van der Waals surface area contributed by atoms with Crippen molar-refractivity contribution in [1.82, 2.24) is 10.3 Å². The summed E-state index contributed by atoms with van der Waals surface area (Å²) in [5.41, 5.74) is 2.08. The first-order chi connectivity index (χ1) is 4.11. The van der Waals surface area contributed by atoms with Gasteiger partial charge in [-0.25, -0.2) is 0 Å². The smallest absolute Gasteiger partial charge is 0.299 e. The molecule has 0 unspecified atom stereocenters. The largest absolute Gasteiger partial charge is 0.425 e. The lowest BCUT2D eigenvalue weighted by Gasteiger charge is -2.01. The first-order valence-electron chi connectivity index (χ1n) is 2.00. The summed E-state index contributed by atoms with van der Waals surface area (Å²) in [6.45, 7) is 0. The quantitative estimate of drug-likeness (QED) is 0.531. The van der Waals surface area contributed by atoms with E-state index in [1.54, 1.807) is 0 Å². The highest BCUT2D eigenvalue weighted by molar-refractivity contribution is 8.01. The lowest BCUT2D eigenvalue weighted by molar-refractivity contribution is -0.0836. The van der Waals surface area contributed by atoms with E-state index in [9.17, 15) is 13.2 Å². The summed E-state index contributed by atoms with van der Waals surface area (Å²) in [5.74, 6) is 0. The molecule has 51 valence electrons. The van der Waals surface area contributed by atoms with Crippen LogP contribution in [-0.4, -0.2) is 6.18 Å². The molecule has 1 aliphatic heterocycles. The zero-order valence-electron chi connectivity index (χ0n) is 4.07. The summed E-state index contributed by atoms with van der Waals surface area (Å²) in [6, 6.07) is 0. The van der Waals surface area contributed by atoms with E-state index in [4.69, 9.17) is 0 Å². The third kappa shape index (κ3) is 1.52. The zero-order chi connectivity index (χ0) is 6.91. The van der Waals surface area contributed by atoms with Gasteiger partial charge in [-0.15, -0.1) is 0 Å². The monoisotopic (exact) mass is 155 g/mol. The van der Waals surface area contributed by atoms with E-state index in [-0.39, 0.29) is 0 Å². The summed E-state index contributed by atoms with van der Waals surface area (Å²) in [6.07, 6.45) is -3.43. The molecular formula is C3H2F3N2S. The summed E-state index contributed by atoms with van der Waals surface area (Å²) < 4.78 is 34.7. The highest BCUT2D eigenvalue weighted by Gasteiger charge is 2.36. The minimum Gasteiger partial charge on any atom is -0.299 e.